The average Bonchev–Trinajstić information content (AvgIpc) is 2.35. The molecule has 3 nitrogen and oxygen atoms in total. The highest BCUT2D eigenvalue weighted by molar-refractivity contribution is 4.84. The first-order valence-corrected chi connectivity index (χ1v) is 6.64. The summed E-state index contributed by atoms with van der Waals surface area (Å²) in [5.74, 6) is 0.677. The predicted molar refractivity (Wildman–Crippen MR) is 66.9 cm³/mol. The maximum atomic E-state index is 8.57. The summed E-state index contributed by atoms with van der Waals surface area (Å²) >= 11 is 0. The molecule has 3 heteroatoms. The molecule has 0 aliphatic heterocycles. The molecule has 0 aromatic heterocycles. The lowest BCUT2D eigenvalue weighted by Gasteiger charge is -2.39. The van der Waals surface area contributed by atoms with Crippen LogP contribution >= 0.6 is 0 Å². The Kier molecular flexibility index (Phi) is 6.44. The van der Waals surface area contributed by atoms with Crippen LogP contribution in [0.3, 0.4) is 0 Å². The van der Waals surface area contributed by atoms with Crippen LogP contribution in [-0.4, -0.2) is 30.6 Å². The molecule has 1 saturated carbocycles. The van der Waals surface area contributed by atoms with Crippen LogP contribution in [0, 0.1) is 17.2 Å². The maximum Gasteiger partial charge on any atom is 0.0622 e. The van der Waals surface area contributed by atoms with Gasteiger partial charge in [-0.2, -0.15) is 5.26 Å². The minimum absolute atomic E-state index is 0.669. The number of nitrogens with two attached hydrogens (primary N) is 1. The molecule has 0 spiro atoms. The van der Waals surface area contributed by atoms with E-state index in [1.807, 2.05) is 0 Å². The van der Waals surface area contributed by atoms with E-state index in [4.69, 9.17) is 11.0 Å². The summed E-state index contributed by atoms with van der Waals surface area (Å²) in [5.41, 5.74) is 5.86. The molecule has 0 saturated heterocycles. The van der Waals surface area contributed by atoms with Gasteiger partial charge in [0.1, 0.15) is 0 Å². The van der Waals surface area contributed by atoms with Crippen molar-refractivity contribution in [3.05, 3.63) is 0 Å². The number of hydrogen-bond donors (Lipinski definition) is 1. The van der Waals surface area contributed by atoms with Crippen LogP contribution in [0.15, 0.2) is 0 Å². The molecule has 1 aliphatic rings. The van der Waals surface area contributed by atoms with Crippen LogP contribution in [-0.2, 0) is 0 Å². The molecule has 0 bridgehead atoms. The lowest BCUT2D eigenvalue weighted by molar-refractivity contribution is 0.111. The van der Waals surface area contributed by atoms with Crippen molar-refractivity contribution >= 4 is 0 Å². The van der Waals surface area contributed by atoms with Gasteiger partial charge in [0, 0.05) is 12.5 Å². The first-order chi connectivity index (χ1) is 7.83. The Morgan fingerprint density at radius 2 is 2.12 bits per heavy atom. The van der Waals surface area contributed by atoms with Crippen molar-refractivity contribution in [2.75, 3.05) is 19.6 Å². The van der Waals surface area contributed by atoms with E-state index >= 15 is 0 Å². The second-order valence-electron chi connectivity index (χ2n) is 4.74. The minimum atomic E-state index is 0.669. The number of hydrogen-bond acceptors (Lipinski definition) is 3. The van der Waals surface area contributed by atoms with E-state index in [0.717, 1.165) is 26.1 Å². The van der Waals surface area contributed by atoms with Gasteiger partial charge in [0.25, 0.3) is 0 Å². The molecule has 16 heavy (non-hydrogen) atoms. The van der Waals surface area contributed by atoms with Crippen LogP contribution in [0.25, 0.3) is 0 Å². The topological polar surface area (TPSA) is 53.0 Å². The van der Waals surface area contributed by atoms with Crippen LogP contribution in [0.2, 0.25) is 0 Å². The molecule has 0 aromatic carbocycles. The van der Waals surface area contributed by atoms with Gasteiger partial charge >= 0.3 is 0 Å². The summed E-state index contributed by atoms with van der Waals surface area (Å²) < 4.78 is 0. The Morgan fingerprint density at radius 3 is 2.75 bits per heavy atom. The predicted octanol–water partition coefficient (Wildman–Crippen LogP) is 2.13. The van der Waals surface area contributed by atoms with E-state index in [1.165, 1.54) is 25.7 Å². The molecule has 2 N–H and O–H groups in total. The smallest absolute Gasteiger partial charge is 0.0622 e. The zero-order chi connectivity index (χ0) is 11.8. The van der Waals surface area contributed by atoms with Crippen molar-refractivity contribution in [2.24, 2.45) is 11.7 Å². The molecular weight excluding hydrogens is 198 g/mol. The molecule has 0 amide bonds. The highest BCUT2D eigenvalue weighted by Crippen LogP contribution is 2.27. The number of unbranched alkanes of at least 4 members (excludes halogenated alkanes) is 1. The summed E-state index contributed by atoms with van der Waals surface area (Å²) in [7, 11) is 0. The van der Waals surface area contributed by atoms with Gasteiger partial charge in [-0.15, -0.1) is 0 Å². The van der Waals surface area contributed by atoms with Crippen LogP contribution in [0.1, 0.15) is 45.4 Å². The summed E-state index contributed by atoms with van der Waals surface area (Å²) in [6.07, 6.45) is 6.94. The second kappa shape index (κ2) is 7.65. The normalized spacial score (nSPS) is 25.6. The summed E-state index contributed by atoms with van der Waals surface area (Å²) in [6.45, 7) is 5.19. The lowest BCUT2D eigenvalue weighted by Crippen LogP contribution is -2.45. The van der Waals surface area contributed by atoms with Gasteiger partial charge in [-0.1, -0.05) is 19.8 Å². The second-order valence-corrected chi connectivity index (χ2v) is 4.74. The highest BCUT2D eigenvalue weighted by atomic mass is 15.2. The van der Waals surface area contributed by atoms with Crippen LogP contribution < -0.4 is 5.73 Å². The van der Waals surface area contributed by atoms with E-state index < -0.39 is 0 Å². The number of nitrogens with zero attached hydrogens (tertiary/aromatic N) is 2. The SMILES string of the molecule is CCN(CCCC#N)C1CCCCC1CN. The standard InChI is InChI=1S/C13H25N3/c1-2-16(10-6-5-9-14)13-8-4-3-7-12(13)11-15/h12-13H,2-8,10-11,15H2,1H3. The molecule has 0 heterocycles. The summed E-state index contributed by atoms with van der Waals surface area (Å²) in [5, 5.41) is 8.57. The van der Waals surface area contributed by atoms with Gasteiger partial charge in [0.15, 0.2) is 0 Å². The average molecular weight is 223 g/mol. The molecular formula is C13H25N3. The molecule has 1 rings (SSSR count). The van der Waals surface area contributed by atoms with Crippen molar-refractivity contribution in [1.82, 2.24) is 4.90 Å². The Balaban J connectivity index is 2.45. The van der Waals surface area contributed by atoms with Gasteiger partial charge in [0.05, 0.1) is 6.07 Å². The Bertz CT molecular complexity index is 222. The Labute approximate surface area is 99.6 Å². The van der Waals surface area contributed by atoms with Crippen LogP contribution in [0.4, 0.5) is 0 Å². The Hall–Kier alpha value is -0.590. The fraction of sp³-hybridized carbons (Fsp3) is 0.923. The van der Waals surface area contributed by atoms with Crippen molar-refractivity contribution in [3.63, 3.8) is 0 Å². The van der Waals surface area contributed by atoms with E-state index in [1.54, 1.807) is 0 Å². The zero-order valence-corrected chi connectivity index (χ0v) is 10.5. The van der Waals surface area contributed by atoms with Gasteiger partial charge in [0.2, 0.25) is 0 Å². The fourth-order valence-corrected chi connectivity index (χ4v) is 2.86. The van der Waals surface area contributed by atoms with Crippen LogP contribution in [0.5, 0.6) is 0 Å². The maximum absolute atomic E-state index is 8.57. The van der Waals surface area contributed by atoms with E-state index in [9.17, 15) is 0 Å². The van der Waals surface area contributed by atoms with E-state index in [0.29, 0.717) is 18.4 Å². The lowest BCUT2D eigenvalue weighted by atomic mass is 9.83. The number of nitriles is 1. The highest BCUT2D eigenvalue weighted by Gasteiger charge is 2.27. The Morgan fingerprint density at radius 1 is 1.38 bits per heavy atom. The van der Waals surface area contributed by atoms with Gasteiger partial charge in [-0.25, -0.2) is 0 Å². The summed E-state index contributed by atoms with van der Waals surface area (Å²) in [6, 6.07) is 2.89. The van der Waals surface area contributed by atoms with E-state index in [2.05, 4.69) is 17.9 Å². The molecule has 92 valence electrons. The first kappa shape index (κ1) is 13.5. The van der Waals surface area contributed by atoms with Gasteiger partial charge < -0.3 is 10.6 Å². The third-order valence-corrected chi connectivity index (χ3v) is 3.78. The van der Waals surface area contributed by atoms with Crippen molar-refractivity contribution in [3.8, 4) is 6.07 Å². The van der Waals surface area contributed by atoms with E-state index in [-0.39, 0.29) is 0 Å². The minimum Gasteiger partial charge on any atom is -0.330 e. The largest absolute Gasteiger partial charge is 0.330 e. The van der Waals surface area contributed by atoms with Crippen molar-refractivity contribution in [2.45, 2.75) is 51.5 Å². The quantitative estimate of drug-likeness (QED) is 0.702. The van der Waals surface area contributed by atoms with Crippen molar-refractivity contribution < 1.29 is 0 Å². The molecule has 1 aliphatic carbocycles. The number of rotatable bonds is 6. The van der Waals surface area contributed by atoms with Gasteiger partial charge in [-0.05, 0) is 44.8 Å². The molecule has 2 unspecified atom stereocenters. The molecule has 2 atom stereocenters. The van der Waals surface area contributed by atoms with Crippen molar-refractivity contribution in [1.29, 1.82) is 5.26 Å². The third-order valence-electron chi connectivity index (χ3n) is 3.78. The molecule has 0 aromatic rings. The van der Waals surface area contributed by atoms with Gasteiger partial charge in [-0.3, -0.25) is 0 Å². The monoisotopic (exact) mass is 223 g/mol. The first-order valence-electron chi connectivity index (χ1n) is 6.64. The molecule has 0 radical (unpaired) electrons. The summed E-state index contributed by atoms with van der Waals surface area (Å²) in [4.78, 5) is 2.54. The molecule has 1 fully saturated rings. The fourth-order valence-electron chi connectivity index (χ4n) is 2.86. The zero-order valence-electron chi connectivity index (χ0n) is 10.5. The third kappa shape index (κ3) is 3.77.